The smallest absolute Gasteiger partial charge is 0.320 e. The van der Waals surface area contributed by atoms with Gasteiger partial charge in [0.15, 0.2) is 11.5 Å². The minimum atomic E-state index is 0.0557. The summed E-state index contributed by atoms with van der Waals surface area (Å²) in [5.41, 5.74) is 0.944. The van der Waals surface area contributed by atoms with E-state index in [2.05, 4.69) is 4.90 Å². The van der Waals surface area contributed by atoms with Gasteiger partial charge in [-0.1, -0.05) is 12.1 Å². The van der Waals surface area contributed by atoms with E-state index in [1.54, 1.807) is 14.2 Å². The van der Waals surface area contributed by atoms with Crippen molar-refractivity contribution in [1.29, 1.82) is 0 Å². The van der Waals surface area contributed by atoms with E-state index in [-0.39, 0.29) is 6.03 Å². The number of amides is 2. The van der Waals surface area contributed by atoms with Crippen molar-refractivity contribution >= 4 is 6.03 Å². The molecule has 0 aromatic heterocycles. The number of carbonyl (C=O) groups is 1. The van der Waals surface area contributed by atoms with Crippen molar-refractivity contribution in [2.75, 3.05) is 79.9 Å². The van der Waals surface area contributed by atoms with Crippen LogP contribution in [0.3, 0.4) is 0 Å². The molecule has 0 aliphatic carbocycles. The zero-order chi connectivity index (χ0) is 20.5. The molecule has 3 rings (SSSR count). The molecular formula is C21H33N3O5. The molecule has 0 atom stereocenters. The minimum absolute atomic E-state index is 0.0557. The number of nitrogens with zero attached hydrogens (tertiary/aromatic N) is 3. The second kappa shape index (κ2) is 11.2. The number of carbonyl (C=O) groups excluding carboxylic acids is 1. The molecule has 0 radical (unpaired) electrons. The lowest BCUT2D eigenvalue weighted by Gasteiger charge is -2.34. The first-order valence-electron chi connectivity index (χ1n) is 10.3. The number of benzene rings is 1. The lowest BCUT2D eigenvalue weighted by atomic mass is 10.1. The molecule has 1 aromatic rings. The molecular weight excluding hydrogens is 374 g/mol. The number of urea groups is 1. The number of morpholine rings is 2. The van der Waals surface area contributed by atoms with Crippen LogP contribution in [-0.4, -0.2) is 101 Å². The minimum Gasteiger partial charge on any atom is -0.493 e. The van der Waals surface area contributed by atoms with E-state index >= 15 is 0 Å². The second-order valence-electron chi connectivity index (χ2n) is 7.26. The van der Waals surface area contributed by atoms with Gasteiger partial charge in [0, 0.05) is 44.8 Å². The van der Waals surface area contributed by atoms with Crippen LogP contribution in [0.4, 0.5) is 4.79 Å². The van der Waals surface area contributed by atoms with Crippen molar-refractivity contribution in [3.8, 4) is 11.5 Å². The van der Waals surface area contributed by atoms with Gasteiger partial charge in [0.2, 0.25) is 0 Å². The fraction of sp³-hybridized carbons (Fsp3) is 0.667. The summed E-state index contributed by atoms with van der Waals surface area (Å²) < 4.78 is 21.8. The van der Waals surface area contributed by atoms with Crippen LogP contribution < -0.4 is 9.47 Å². The number of methoxy groups -OCH3 is 2. The molecule has 29 heavy (non-hydrogen) atoms. The van der Waals surface area contributed by atoms with E-state index in [4.69, 9.17) is 18.9 Å². The second-order valence-corrected chi connectivity index (χ2v) is 7.26. The van der Waals surface area contributed by atoms with Crippen molar-refractivity contribution in [3.05, 3.63) is 23.8 Å². The van der Waals surface area contributed by atoms with Gasteiger partial charge in [0.25, 0.3) is 0 Å². The summed E-state index contributed by atoms with van der Waals surface area (Å²) in [4.78, 5) is 19.4. The fourth-order valence-corrected chi connectivity index (χ4v) is 3.79. The first-order valence-corrected chi connectivity index (χ1v) is 10.3. The molecule has 2 amide bonds. The number of hydrogen-bond donors (Lipinski definition) is 0. The monoisotopic (exact) mass is 407 g/mol. The third-order valence-corrected chi connectivity index (χ3v) is 5.40. The average molecular weight is 408 g/mol. The van der Waals surface area contributed by atoms with Gasteiger partial charge in [-0.25, -0.2) is 4.79 Å². The van der Waals surface area contributed by atoms with Gasteiger partial charge in [0.05, 0.1) is 47.2 Å². The highest BCUT2D eigenvalue weighted by molar-refractivity contribution is 5.74. The summed E-state index contributed by atoms with van der Waals surface area (Å²) in [6, 6.07) is 5.85. The molecule has 2 aliphatic heterocycles. The van der Waals surface area contributed by atoms with Gasteiger partial charge >= 0.3 is 6.03 Å². The van der Waals surface area contributed by atoms with E-state index in [1.807, 2.05) is 28.0 Å². The van der Waals surface area contributed by atoms with Gasteiger partial charge < -0.3 is 28.7 Å². The summed E-state index contributed by atoms with van der Waals surface area (Å²) in [7, 11) is 3.26. The number of rotatable bonds is 8. The molecule has 8 nitrogen and oxygen atoms in total. The standard InChI is InChI=1S/C21H33N3O5/c1-26-19-6-3-5-18(20(19)27-2)17-24(21(25)23-11-15-29-16-12-23)8-4-7-22-9-13-28-14-10-22/h3,5-6H,4,7-17H2,1-2H3. The van der Waals surface area contributed by atoms with E-state index in [0.29, 0.717) is 50.9 Å². The zero-order valence-corrected chi connectivity index (χ0v) is 17.6. The third kappa shape index (κ3) is 5.98. The van der Waals surface area contributed by atoms with E-state index in [0.717, 1.165) is 44.8 Å². The van der Waals surface area contributed by atoms with Gasteiger partial charge in [-0.15, -0.1) is 0 Å². The Bertz CT molecular complexity index is 645. The molecule has 8 heteroatoms. The molecule has 0 spiro atoms. The Labute approximate surface area is 173 Å². The molecule has 2 heterocycles. The van der Waals surface area contributed by atoms with Crippen molar-refractivity contribution in [2.24, 2.45) is 0 Å². The van der Waals surface area contributed by atoms with Gasteiger partial charge in [-0.2, -0.15) is 0 Å². The predicted octanol–water partition coefficient (Wildman–Crippen LogP) is 1.68. The Morgan fingerprint density at radius 2 is 1.72 bits per heavy atom. The topological polar surface area (TPSA) is 63.7 Å². The van der Waals surface area contributed by atoms with Gasteiger partial charge in [-0.05, 0) is 12.5 Å². The molecule has 162 valence electrons. The highest BCUT2D eigenvalue weighted by atomic mass is 16.5. The first kappa shape index (κ1) is 21.7. The number of hydrogen-bond acceptors (Lipinski definition) is 6. The average Bonchev–Trinajstić information content (AvgIpc) is 2.79. The van der Waals surface area contributed by atoms with E-state index < -0.39 is 0 Å². The Kier molecular flexibility index (Phi) is 8.39. The van der Waals surface area contributed by atoms with Crippen molar-refractivity contribution < 1.29 is 23.7 Å². The maximum atomic E-state index is 13.2. The van der Waals surface area contributed by atoms with Crippen LogP contribution in [0.5, 0.6) is 11.5 Å². The first-order chi connectivity index (χ1) is 14.2. The maximum absolute atomic E-state index is 13.2. The van der Waals surface area contributed by atoms with Gasteiger partial charge in [-0.3, -0.25) is 4.90 Å². The lowest BCUT2D eigenvalue weighted by molar-refractivity contribution is 0.0333. The Morgan fingerprint density at radius 3 is 2.38 bits per heavy atom. The summed E-state index contributed by atoms with van der Waals surface area (Å²) in [5, 5.41) is 0. The molecule has 2 fully saturated rings. The normalized spacial score (nSPS) is 17.8. The Hall–Kier alpha value is -2.03. The summed E-state index contributed by atoms with van der Waals surface area (Å²) in [6.45, 7) is 8.09. The number of ether oxygens (including phenoxy) is 4. The van der Waals surface area contributed by atoms with Crippen molar-refractivity contribution in [2.45, 2.75) is 13.0 Å². The summed E-state index contributed by atoms with van der Waals surface area (Å²) >= 11 is 0. The van der Waals surface area contributed by atoms with Crippen LogP contribution in [0.1, 0.15) is 12.0 Å². The molecule has 2 saturated heterocycles. The molecule has 0 N–H and O–H groups in total. The molecule has 2 aliphatic rings. The highest BCUT2D eigenvalue weighted by Crippen LogP contribution is 2.31. The molecule has 0 saturated carbocycles. The summed E-state index contributed by atoms with van der Waals surface area (Å²) in [6.07, 6.45) is 0.919. The number of para-hydroxylation sites is 1. The zero-order valence-electron chi connectivity index (χ0n) is 17.6. The van der Waals surface area contributed by atoms with Crippen molar-refractivity contribution in [3.63, 3.8) is 0 Å². The van der Waals surface area contributed by atoms with Crippen molar-refractivity contribution in [1.82, 2.24) is 14.7 Å². The van der Waals surface area contributed by atoms with E-state index in [9.17, 15) is 4.79 Å². The van der Waals surface area contributed by atoms with Crippen LogP contribution in [0, 0.1) is 0 Å². The van der Waals surface area contributed by atoms with E-state index in [1.165, 1.54) is 0 Å². The predicted molar refractivity (Wildman–Crippen MR) is 110 cm³/mol. The van der Waals surface area contributed by atoms with Gasteiger partial charge in [0.1, 0.15) is 0 Å². The van der Waals surface area contributed by atoms with Crippen LogP contribution in [-0.2, 0) is 16.0 Å². The van der Waals surface area contributed by atoms with Crippen LogP contribution in [0.25, 0.3) is 0 Å². The highest BCUT2D eigenvalue weighted by Gasteiger charge is 2.24. The Balaban J connectivity index is 1.68. The maximum Gasteiger partial charge on any atom is 0.320 e. The largest absolute Gasteiger partial charge is 0.493 e. The molecule has 0 bridgehead atoms. The Morgan fingerprint density at radius 1 is 1.03 bits per heavy atom. The molecule has 0 unspecified atom stereocenters. The SMILES string of the molecule is COc1cccc(CN(CCCN2CCOCC2)C(=O)N2CCOCC2)c1OC. The van der Waals surface area contributed by atoms with Crippen LogP contribution >= 0.6 is 0 Å². The third-order valence-electron chi connectivity index (χ3n) is 5.40. The van der Waals surface area contributed by atoms with Crippen LogP contribution in [0.15, 0.2) is 18.2 Å². The fourth-order valence-electron chi connectivity index (χ4n) is 3.79. The quantitative estimate of drug-likeness (QED) is 0.653. The molecule has 1 aromatic carbocycles. The van der Waals surface area contributed by atoms with Crippen LogP contribution in [0.2, 0.25) is 0 Å². The summed E-state index contributed by atoms with van der Waals surface area (Å²) in [5.74, 6) is 1.36. The lowest BCUT2D eigenvalue weighted by Crippen LogP contribution is -2.48.